The van der Waals surface area contributed by atoms with E-state index in [0.717, 1.165) is 59.9 Å². The van der Waals surface area contributed by atoms with Gasteiger partial charge in [0, 0.05) is 30.2 Å². The normalized spacial score (nSPS) is 13.9. The van der Waals surface area contributed by atoms with E-state index in [-0.39, 0.29) is 0 Å². The summed E-state index contributed by atoms with van der Waals surface area (Å²) in [6, 6.07) is 11.8. The maximum atomic E-state index is 6.33. The molecule has 5 nitrogen and oxygen atoms in total. The van der Waals surface area contributed by atoms with Crippen LogP contribution in [0, 0.1) is 0 Å². The Hall–Kier alpha value is -2.37. The summed E-state index contributed by atoms with van der Waals surface area (Å²) in [6.07, 6.45) is 1.75. The Morgan fingerprint density at radius 1 is 1.11 bits per heavy atom. The van der Waals surface area contributed by atoms with Crippen molar-refractivity contribution >= 4 is 28.2 Å². The van der Waals surface area contributed by atoms with Gasteiger partial charge in [-0.25, -0.2) is 4.98 Å². The van der Waals surface area contributed by atoms with Crippen LogP contribution in [-0.2, 0) is 4.74 Å². The summed E-state index contributed by atoms with van der Waals surface area (Å²) >= 11 is 6.33. The first-order valence-electron chi connectivity index (χ1n) is 9.18. The molecule has 0 amide bonds. The fraction of sp³-hybridized carbons (Fsp3) is 0.333. The third-order valence-corrected chi connectivity index (χ3v) is 4.67. The third-order valence-electron chi connectivity index (χ3n) is 4.38. The summed E-state index contributed by atoms with van der Waals surface area (Å²) in [4.78, 5) is 11.2. The molecule has 27 heavy (non-hydrogen) atoms. The molecular formula is C21H24ClN3O2. The van der Waals surface area contributed by atoms with Crippen molar-refractivity contribution in [3.05, 3.63) is 47.7 Å². The number of aromatic nitrogens is 2. The van der Waals surface area contributed by atoms with Crippen LogP contribution in [0.1, 0.15) is 13.8 Å². The predicted octanol–water partition coefficient (Wildman–Crippen LogP) is 4.82. The van der Waals surface area contributed by atoms with Crippen molar-refractivity contribution in [2.75, 3.05) is 38.3 Å². The lowest BCUT2D eigenvalue weighted by Gasteiger charge is -2.30. The number of ether oxygens (including phenoxy) is 2. The number of hydrogen-bond acceptors (Lipinski definition) is 5. The highest BCUT2D eigenvalue weighted by Gasteiger charge is 2.17. The van der Waals surface area contributed by atoms with Crippen LogP contribution in [0.15, 0.2) is 42.6 Å². The first kappa shape index (κ1) is 19.4. The number of rotatable bonds is 3. The van der Waals surface area contributed by atoms with E-state index in [1.807, 2.05) is 44.2 Å². The highest BCUT2D eigenvalue weighted by molar-refractivity contribution is 6.34. The summed E-state index contributed by atoms with van der Waals surface area (Å²) in [7, 11) is 1.69. The van der Waals surface area contributed by atoms with Crippen LogP contribution in [0.2, 0.25) is 5.15 Å². The second kappa shape index (κ2) is 9.02. The molecule has 1 aliphatic heterocycles. The molecule has 1 saturated heterocycles. The number of morpholine rings is 1. The average molecular weight is 386 g/mol. The number of hydrogen-bond donors (Lipinski definition) is 0. The van der Waals surface area contributed by atoms with E-state index in [9.17, 15) is 0 Å². The van der Waals surface area contributed by atoms with E-state index in [0.29, 0.717) is 5.15 Å². The molecule has 0 radical (unpaired) electrons. The third kappa shape index (κ3) is 4.15. The van der Waals surface area contributed by atoms with Gasteiger partial charge in [0.25, 0.3) is 0 Å². The van der Waals surface area contributed by atoms with Gasteiger partial charge in [-0.2, -0.15) is 0 Å². The number of nitrogens with zero attached hydrogens (tertiary/aromatic N) is 3. The van der Waals surface area contributed by atoms with E-state index in [1.165, 1.54) is 0 Å². The summed E-state index contributed by atoms with van der Waals surface area (Å²) in [6.45, 7) is 7.19. The monoisotopic (exact) mass is 385 g/mol. The van der Waals surface area contributed by atoms with Gasteiger partial charge in [-0.15, -0.1) is 0 Å². The first-order valence-corrected chi connectivity index (χ1v) is 9.56. The van der Waals surface area contributed by atoms with E-state index < -0.39 is 0 Å². The summed E-state index contributed by atoms with van der Waals surface area (Å²) in [5.74, 6) is 0.818. The molecule has 1 aliphatic rings. The Balaban J connectivity index is 0.00000102. The Kier molecular flexibility index (Phi) is 6.48. The summed E-state index contributed by atoms with van der Waals surface area (Å²) in [5, 5.41) is 1.31. The van der Waals surface area contributed by atoms with Crippen molar-refractivity contribution < 1.29 is 9.47 Å². The van der Waals surface area contributed by atoms with Gasteiger partial charge in [0.2, 0.25) is 0 Å². The van der Waals surface area contributed by atoms with Gasteiger partial charge in [-0.05, 0) is 30.3 Å². The van der Waals surface area contributed by atoms with Gasteiger partial charge in [-0.1, -0.05) is 31.5 Å². The molecule has 0 unspecified atom stereocenters. The van der Waals surface area contributed by atoms with Crippen LogP contribution in [0.25, 0.3) is 22.2 Å². The molecule has 4 rings (SSSR count). The standard InChI is InChI=1S/C19H18ClN3O2.C2H6/c1-24-18-11-13(4-5-17(18)23-7-9-25-10-8-23)15-12-16-14(19(20)22-15)3-2-6-21-16;1-2/h2-6,11-12H,7-10H2,1H3;1-2H3. The van der Waals surface area contributed by atoms with E-state index in [2.05, 4.69) is 20.9 Å². The molecule has 0 saturated carbocycles. The number of anilines is 1. The maximum Gasteiger partial charge on any atom is 0.142 e. The molecule has 0 spiro atoms. The highest BCUT2D eigenvalue weighted by atomic mass is 35.5. The van der Waals surface area contributed by atoms with Gasteiger partial charge >= 0.3 is 0 Å². The predicted molar refractivity (Wildman–Crippen MR) is 111 cm³/mol. The molecular weight excluding hydrogens is 362 g/mol. The second-order valence-electron chi connectivity index (χ2n) is 5.85. The summed E-state index contributed by atoms with van der Waals surface area (Å²) in [5.41, 5.74) is 3.62. The molecule has 142 valence electrons. The van der Waals surface area contributed by atoms with Crippen LogP contribution in [0.5, 0.6) is 5.75 Å². The molecule has 1 fully saturated rings. The quantitative estimate of drug-likeness (QED) is 0.605. The van der Waals surface area contributed by atoms with Gasteiger partial charge in [0.15, 0.2) is 0 Å². The maximum absolute atomic E-state index is 6.33. The van der Waals surface area contributed by atoms with Crippen molar-refractivity contribution in [3.63, 3.8) is 0 Å². The number of halogens is 1. The zero-order chi connectivity index (χ0) is 19.2. The molecule has 2 aromatic heterocycles. The minimum absolute atomic E-state index is 0.455. The van der Waals surface area contributed by atoms with Crippen LogP contribution in [0.4, 0.5) is 5.69 Å². The SMILES string of the molecule is CC.COc1cc(-c2cc3ncccc3c(Cl)n2)ccc1N1CCOCC1. The Morgan fingerprint density at radius 2 is 1.89 bits per heavy atom. The van der Waals surface area contributed by atoms with E-state index in [1.54, 1.807) is 13.3 Å². The molecule has 0 bridgehead atoms. The minimum atomic E-state index is 0.455. The van der Waals surface area contributed by atoms with Gasteiger partial charge in [-0.3, -0.25) is 4.98 Å². The lowest BCUT2D eigenvalue weighted by atomic mass is 10.1. The van der Waals surface area contributed by atoms with Crippen LogP contribution in [0.3, 0.4) is 0 Å². The van der Waals surface area contributed by atoms with Crippen LogP contribution < -0.4 is 9.64 Å². The smallest absolute Gasteiger partial charge is 0.142 e. The topological polar surface area (TPSA) is 47.5 Å². The van der Waals surface area contributed by atoms with Crippen molar-refractivity contribution in [1.82, 2.24) is 9.97 Å². The molecule has 1 aromatic carbocycles. The van der Waals surface area contributed by atoms with E-state index >= 15 is 0 Å². The van der Waals surface area contributed by atoms with Crippen LogP contribution >= 0.6 is 11.6 Å². The lowest BCUT2D eigenvalue weighted by molar-refractivity contribution is 0.122. The Labute approximate surface area is 164 Å². The Morgan fingerprint density at radius 3 is 2.63 bits per heavy atom. The van der Waals surface area contributed by atoms with Crippen molar-refractivity contribution in [2.45, 2.75) is 13.8 Å². The van der Waals surface area contributed by atoms with Crippen molar-refractivity contribution in [3.8, 4) is 17.0 Å². The minimum Gasteiger partial charge on any atom is -0.495 e. The molecule has 0 N–H and O–H groups in total. The fourth-order valence-electron chi connectivity index (χ4n) is 3.09. The number of fused-ring (bicyclic) bond motifs is 1. The van der Waals surface area contributed by atoms with E-state index in [4.69, 9.17) is 21.1 Å². The number of methoxy groups -OCH3 is 1. The first-order chi connectivity index (χ1) is 13.3. The molecule has 0 aliphatic carbocycles. The Bertz CT molecular complexity index is 911. The zero-order valence-electron chi connectivity index (χ0n) is 15.9. The van der Waals surface area contributed by atoms with Gasteiger partial charge in [0.1, 0.15) is 10.9 Å². The lowest BCUT2D eigenvalue weighted by Crippen LogP contribution is -2.36. The highest BCUT2D eigenvalue weighted by Crippen LogP contribution is 2.34. The second-order valence-corrected chi connectivity index (χ2v) is 6.21. The number of pyridine rings is 2. The van der Waals surface area contributed by atoms with Crippen molar-refractivity contribution in [1.29, 1.82) is 0 Å². The largest absolute Gasteiger partial charge is 0.495 e. The van der Waals surface area contributed by atoms with Gasteiger partial charge in [0.05, 0.1) is 37.2 Å². The zero-order valence-corrected chi connectivity index (χ0v) is 16.7. The molecule has 0 atom stereocenters. The molecule has 3 heterocycles. The average Bonchev–Trinajstić information content (AvgIpc) is 2.75. The summed E-state index contributed by atoms with van der Waals surface area (Å²) < 4.78 is 11.0. The number of benzene rings is 1. The van der Waals surface area contributed by atoms with Gasteiger partial charge < -0.3 is 14.4 Å². The van der Waals surface area contributed by atoms with Crippen LogP contribution in [-0.4, -0.2) is 43.4 Å². The molecule has 6 heteroatoms. The fourth-order valence-corrected chi connectivity index (χ4v) is 3.34. The molecule has 3 aromatic rings. The van der Waals surface area contributed by atoms with Crippen molar-refractivity contribution in [2.24, 2.45) is 0 Å².